The SMILES string of the molecule is CCNC(=NCCCc1nnc(SC)n1CC(C)C)N(C)Cc1ccccc1. The summed E-state index contributed by atoms with van der Waals surface area (Å²) in [6.07, 6.45) is 3.91. The van der Waals surface area contributed by atoms with Crippen LogP contribution in [0.25, 0.3) is 0 Å². The maximum Gasteiger partial charge on any atom is 0.193 e. The Morgan fingerprint density at radius 3 is 2.64 bits per heavy atom. The second-order valence-corrected chi connectivity index (χ2v) is 8.06. The highest BCUT2D eigenvalue weighted by molar-refractivity contribution is 7.98. The van der Waals surface area contributed by atoms with Crippen molar-refractivity contribution in [3.05, 3.63) is 41.7 Å². The first-order valence-electron chi connectivity index (χ1n) is 10.0. The maximum absolute atomic E-state index is 4.81. The van der Waals surface area contributed by atoms with Gasteiger partial charge in [0.2, 0.25) is 0 Å². The molecule has 2 rings (SSSR count). The molecule has 6 nitrogen and oxygen atoms in total. The van der Waals surface area contributed by atoms with Gasteiger partial charge in [-0.3, -0.25) is 4.99 Å². The van der Waals surface area contributed by atoms with E-state index < -0.39 is 0 Å². The Morgan fingerprint density at radius 1 is 1.25 bits per heavy atom. The van der Waals surface area contributed by atoms with E-state index in [0.29, 0.717) is 5.92 Å². The van der Waals surface area contributed by atoms with Gasteiger partial charge >= 0.3 is 0 Å². The topological polar surface area (TPSA) is 58.3 Å². The molecule has 0 radical (unpaired) electrons. The molecule has 0 fully saturated rings. The van der Waals surface area contributed by atoms with Crippen LogP contribution in [-0.4, -0.2) is 52.0 Å². The molecule has 1 N–H and O–H groups in total. The second-order valence-electron chi connectivity index (χ2n) is 7.29. The summed E-state index contributed by atoms with van der Waals surface area (Å²) in [5.41, 5.74) is 1.28. The summed E-state index contributed by atoms with van der Waals surface area (Å²) in [5.74, 6) is 2.58. The van der Waals surface area contributed by atoms with Crippen molar-refractivity contribution in [2.45, 2.75) is 51.9 Å². The maximum atomic E-state index is 4.81. The van der Waals surface area contributed by atoms with Gasteiger partial charge in [0.15, 0.2) is 11.1 Å². The number of hydrogen-bond acceptors (Lipinski definition) is 4. The summed E-state index contributed by atoms with van der Waals surface area (Å²) in [7, 11) is 2.08. The van der Waals surface area contributed by atoms with Crippen LogP contribution in [0.15, 0.2) is 40.5 Å². The van der Waals surface area contributed by atoms with Gasteiger partial charge in [-0.05, 0) is 31.1 Å². The molecule has 1 aromatic carbocycles. The first-order valence-corrected chi connectivity index (χ1v) is 11.3. The molecule has 28 heavy (non-hydrogen) atoms. The van der Waals surface area contributed by atoms with Gasteiger partial charge in [0.05, 0.1) is 0 Å². The van der Waals surface area contributed by atoms with Crippen molar-refractivity contribution in [2.75, 3.05) is 26.4 Å². The molecule has 7 heteroatoms. The molecule has 0 spiro atoms. The first kappa shape index (κ1) is 22.3. The Labute approximate surface area is 173 Å². The third kappa shape index (κ3) is 6.86. The molecule has 0 aliphatic rings. The van der Waals surface area contributed by atoms with Crippen LogP contribution < -0.4 is 5.32 Å². The molecule has 154 valence electrons. The molecule has 0 saturated heterocycles. The van der Waals surface area contributed by atoms with Gasteiger partial charge in [-0.1, -0.05) is 55.9 Å². The average Bonchev–Trinajstić information content (AvgIpc) is 3.06. The van der Waals surface area contributed by atoms with E-state index >= 15 is 0 Å². The van der Waals surface area contributed by atoms with Crippen molar-refractivity contribution < 1.29 is 0 Å². The lowest BCUT2D eigenvalue weighted by Crippen LogP contribution is -2.38. The zero-order chi connectivity index (χ0) is 20.4. The van der Waals surface area contributed by atoms with E-state index in [0.717, 1.165) is 56.0 Å². The van der Waals surface area contributed by atoms with E-state index in [1.165, 1.54) is 5.56 Å². The Bertz CT molecular complexity index is 726. The Morgan fingerprint density at radius 2 is 2.00 bits per heavy atom. The van der Waals surface area contributed by atoms with Crippen LogP contribution in [0, 0.1) is 5.92 Å². The summed E-state index contributed by atoms with van der Waals surface area (Å²) in [4.78, 5) is 6.98. The van der Waals surface area contributed by atoms with E-state index in [4.69, 9.17) is 4.99 Å². The van der Waals surface area contributed by atoms with Crippen LogP contribution in [0.3, 0.4) is 0 Å². The molecule has 0 atom stereocenters. The highest BCUT2D eigenvalue weighted by Gasteiger charge is 2.12. The Hall–Kier alpha value is -2.02. The van der Waals surface area contributed by atoms with Crippen LogP contribution in [0.4, 0.5) is 0 Å². The number of aryl methyl sites for hydroxylation is 1. The van der Waals surface area contributed by atoms with Crippen LogP contribution in [0.2, 0.25) is 0 Å². The highest BCUT2D eigenvalue weighted by Crippen LogP contribution is 2.16. The highest BCUT2D eigenvalue weighted by atomic mass is 32.2. The number of aromatic nitrogens is 3. The first-order chi connectivity index (χ1) is 13.5. The number of guanidine groups is 1. The standard InChI is InChI=1S/C21H34N6S/c1-6-22-20(26(4)16-18-11-8-7-9-12-18)23-14-10-13-19-24-25-21(28-5)27(19)15-17(2)3/h7-9,11-12,17H,6,10,13-16H2,1-5H3,(H,22,23). The number of benzene rings is 1. The summed E-state index contributed by atoms with van der Waals surface area (Å²) in [6.45, 7) is 9.98. The van der Waals surface area contributed by atoms with Gasteiger partial charge < -0.3 is 14.8 Å². The van der Waals surface area contributed by atoms with Crippen LogP contribution in [-0.2, 0) is 19.5 Å². The van der Waals surface area contributed by atoms with E-state index in [9.17, 15) is 0 Å². The molecule has 2 aromatic rings. The number of nitrogens with zero attached hydrogens (tertiary/aromatic N) is 5. The molecule has 1 heterocycles. The smallest absolute Gasteiger partial charge is 0.193 e. The molecule has 0 aliphatic carbocycles. The van der Waals surface area contributed by atoms with Crippen molar-refractivity contribution in [3.8, 4) is 0 Å². The number of rotatable bonds is 10. The largest absolute Gasteiger partial charge is 0.357 e. The molecule has 0 saturated carbocycles. The third-order valence-corrected chi connectivity index (χ3v) is 4.97. The minimum absolute atomic E-state index is 0.575. The van der Waals surface area contributed by atoms with Crippen molar-refractivity contribution in [1.82, 2.24) is 25.0 Å². The van der Waals surface area contributed by atoms with E-state index in [-0.39, 0.29) is 0 Å². The zero-order valence-electron chi connectivity index (χ0n) is 17.9. The summed E-state index contributed by atoms with van der Waals surface area (Å²) >= 11 is 1.66. The molecule has 0 amide bonds. The molecule has 0 unspecified atom stereocenters. The quantitative estimate of drug-likeness (QED) is 0.284. The molecule has 0 aliphatic heterocycles. The van der Waals surface area contributed by atoms with E-state index in [1.54, 1.807) is 11.8 Å². The molecular weight excluding hydrogens is 368 g/mol. The minimum Gasteiger partial charge on any atom is -0.357 e. The van der Waals surface area contributed by atoms with Gasteiger partial charge in [-0.15, -0.1) is 10.2 Å². The number of thioether (sulfide) groups is 1. The number of nitrogens with one attached hydrogen (secondary N) is 1. The monoisotopic (exact) mass is 402 g/mol. The Kier molecular flexibility index (Phi) is 9.34. The predicted molar refractivity (Wildman–Crippen MR) is 119 cm³/mol. The lowest BCUT2D eigenvalue weighted by molar-refractivity contribution is 0.472. The van der Waals surface area contributed by atoms with Gasteiger partial charge in [-0.2, -0.15) is 0 Å². The molecular formula is C21H34N6S. The van der Waals surface area contributed by atoms with Crippen molar-refractivity contribution in [3.63, 3.8) is 0 Å². The average molecular weight is 403 g/mol. The number of hydrogen-bond donors (Lipinski definition) is 1. The van der Waals surface area contributed by atoms with Crippen LogP contribution in [0.1, 0.15) is 38.6 Å². The normalized spacial score (nSPS) is 11.9. The van der Waals surface area contributed by atoms with Gasteiger partial charge in [0.1, 0.15) is 5.82 Å². The van der Waals surface area contributed by atoms with E-state index in [2.05, 4.69) is 83.3 Å². The Balaban J connectivity index is 1.94. The zero-order valence-corrected chi connectivity index (χ0v) is 18.7. The summed E-state index contributed by atoms with van der Waals surface area (Å²) in [6, 6.07) is 10.5. The minimum atomic E-state index is 0.575. The lowest BCUT2D eigenvalue weighted by Gasteiger charge is -2.22. The second kappa shape index (κ2) is 11.7. The third-order valence-electron chi connectivity index (χ3n) is 4.30. The van der Waals surface area contributed by atoms with Crippen molar-refractivity contribution in [2.24, 2.45) is 10.9 Å². The molecule has 0 bridgehead atoms. The van der Waals surface area contributed by atoms with Crippen LogP contribution >= 0.6 is 11.8 Å². The van der Waals surface area contributed by atoms with Gasteiger partial charge in [-0.25, -0.2) is 0 Å². The van der Waals surface area contributed by atoms with Crippen molar-refractivity contribution in [1.29, 1.82) is 0 Å². The van der Waals surface area contributed by atoms with Gasteiger partial charge in [0, 0.05) is 39.6 Å². The van der Waals surface area contributed by atoms with E-state index in [1.807, 2.05) is 6.07 Å². The fourth-order valence-corrected chi connectivity index (χ4v) is 3.55. The summed E-state index contributed by atoms with van der Waals surface area (Å²) in [5, 5.41) is 13.1. The lowest BCUT2D eigenvalue weighted by atomic mass is 10.2. The van der Waals surface area contributed by atoms with Crippen molar-refractivity contribution >= 4 is 17.7 Å². The molecule has 1 aromatic heterocycles. The fourth-order valence-electron chi connectivity index (χ4n) is 3.03. The summed E-state index contributed by atoms with van der Waals surface area (Å²) < 4.78 is 2.26. The van der Waals surface area contributed by atoms with Crippen LogP contribution in [0.5, 0.6) is 0 Å². The predicted octanol–water partition coefficient (Wildman–Crippen LogP) is 3.69. The fraction of sp³-hybridized carbons (Fsp3) is 0.571. The van der Waals surface area contributed by atoms with Gasteiger partial charge in [0.25, 0.3) is 0 Å². The number of aliphatic imine (C=N–C) groups is 1.